The fourth-order valence-electron chi connectivity index (χ4n) is 0.977. The van der Waals surface area contributed by atoms with Crippen molar-refractivity contribution < 1.29 is 4.79 Å². The number of hydrogen-bond donors (Lipinski definition) is 0. The number of carbonyl (C=O) groups excluding carboxylic acids is 1. The van der Waals surface area contributed by atoms with Crippen molar-refractivity contribution >= 4 is 5.78 Å². The first-order valence-electron chi connectivity index (χ1n) is 4.16. The molecule has 1 nitrogen and oxygen atoms in total. The molecule has 12 heavy (non-hydrogen) atoms. The van der Waals surface area contributed by atoms with Gasteiger partial charge < -0.3 is 0 Å². The number of terminal acetylenes is 1. The first-order valence-corrected chi connectivity index (χ1v) is 4.16. The van der Waals surface area contributed by atoms with Gasteiger partial charge in [-0.2, -0.15) is 0 Å². The van der Waals surface area contributed by atoms with Gasteiger partial charge in [-0.05, 0) is 19.8 Å². The van der Waals surface area contributed by atoms with Gasteiger partial charge in [-0.25, -0.2) is 0 Å². The maximum atomic E-state index is 11.4. The number of ketones is 1. The Morgan fingerprint density at radius 2 is 1.92 bits per heavy atom. The Kier molecular flexibility index (Phi) is 4.36. The van der Waals surface area contributed by atoms with Crippen LogP contribution in [-0.2, 0) is 4.79 Å². The fraction of sp³-hybridized carbons (Fsp3) is 0.545. The standard InChI is InChI=1S/C11H16O/c1-6-10(9(4)5)11(12)7-8(2)3/h1,8H,7H2,2-5H3. The Balaban J connectivity index is 4.49. The molecule has 0 N–H and O–H groups in total. The Labute approximate surface area is 74.9 Å². The lowest BCUT2D eigenvalue weighted by molar-refractivity contribution is -0.115. The summed E-state index contributed by atoms with van der Waals surface area (Å²) in [5.74, 6) is 2.90. The summed E-state index contributed by atoms with van der Waals surface area (Å²) < 4.78 is 0. The molecule has 0 radical (unpaired) electrons. The van der Waals surface area contributed by atoms with E-state index in [1.165, 1.54) is 0 Å². The van der Waals surface area contributed by atoms with Crippen LogP contribution in [0.15, 0.2) is 11.1 Å². The molecule has 0 amide bonds. The topological polar surface area (TPSA) is 17.1 Å². The normalized spacial score (nSPS) is 9.33. The van der Waals surface area contributed by atoms with Gasteiger partial charge in [0, 0.05) is 6.42 Å². The molecule has 0 aliphatic heterocycles. The zero-order chi connectivity index (χ0) is 9.72. The van der Waals surface area contributed by atoms with Crippen LogP contribution in [0.25, 0.3) is 0 Å². The van der Waals surface area contributed by atoms with E-state index in [1.807, 2.05) is 27.7 Å². The number of allylic oxidation sites excluding steroid dienone is 2. The quantitative estimate of drug-likeness (QED) is 0.463. The van der Waals surface area contributed by atoms with Crippen LogP contribution >= 0.6 is 0 Å². The predicted molar refractivity (Wildman–Crippen MR) is 51.7 cm³/mol. The molecule has 0 aromatic carbocycles. The molecule has 0 bridgehead atoms. The molecule has 0 atom stereocenters. The van der Waals surface area contributed by atoms with Crippen molar-refractivity contribution in [2.45, 2.75) is 34.1 Å². The molecule has 0 heterocycles. The van der Waals surface area contributed by atoms with Crippen molar-refractivity contribution in [3.8, 4) is 12.3 Å². The monoisotopic (exact) mass is 164 g/mol. The van der Waals surface area contributed by atoms with Gasteiger partial charge in [-0.15, -0.1) is 6.42 Å². The molecular weight excluding hydrogens is 148 g/mol. The minimum absolute atomic E-state index is 0.0903. The van der Waals surface area contributed by atoms with Crippen LogP contribution in [0.3, 0.4) is 0 Å². The molecule has 66 valence electrons. The van der Waals surface area contributed by atoms with E-state index in [4.69, 9.17) is 6.42 Å². The fourth-order valence-corrected chi connectivity index (χ4v) is 0.977. The van der Waals surface area contributed by atoms with Crippen LogP contribution in [0.4, 0.5) is 0 Å². The van der Waals surface area contributed by atoms with Gasteiger partial charge in [0.2, 0.25) is 0 Å². The third kappa shape index (κ3) is 3.39. The summed E-state index contributed by atoms with van der Waals surface area (Å²) >= 11 is 0. The largest absolute Gasteiger partial charge is 0.293 e. The average molecular weight is 164 g/mol. The second-order valence-electron chi connectivity index (χ2n) is 3.54. The van der Waals surface area contributed by atoms with E-state index < -0.39 is 0 Å². The van der Waals surface area contributed by atoms with Crippen LogP contribution in [-0.4, -0.2) is 5.78 Å². The van der Waals surface area contributed by atoms with Crippen LogP contribution in [0, 0.1) is 18.3 Å². The second-order valence-corrected chi connectivity index (χ2v) is 3.54. The molecule has 0 aromatic heterocycles. The summed E-state index contributed by atoms with van der Waals surface area (Å²) in [6.07, 6.45) is 5.77. The van der Waals surface area contributed by atoms with E-state index in [0.29, 0.717) is 17.9 Å². The first-order chi connectivity index (χ1) is 5.49. The Hall–Kier alpha value is -1.03. The summed E-state index contributed by atoms with van der Waals surface area (Å²) in [6, 6.07) is 0. The number of carbonyl (C=O) groups is 1. The lowest BCUT2D eigenvalue weighted by Crippen LogP contribution is -2.06. The molecule has 0 rings (SSSR count). The van der Waals surface area contributed by atoms with Crippen LogP contribution in [0.1, 0.15) is 34.1 Å². The molecule has 0 aliphatic carbocycles. The highest BCUT2D eigenvalue weighted by atomic mass is 16.1. The van der Waals surface area contributed by atoms with E-state index in [0.717, 1.165) is 5.57 Å². The molecule has 0 spiro atoms. The minimum atomic E-state index is 0.0903. The van der Waals surface area contributed by atoms with Gasteiger partial charge in [-0.1, -0.05) is 25.3 Å². The molecule has 0 aromatic rings. The Morgan fingerprint density at radius 1 is 1.42 bits per heavy atom. The lowest BCUT2D eigenvalue weighted by Gasteiger charge is -2.04. The van der Waals surface area contributed by atoms with Gasteiger partial charge in [0.05, 0.1) is 5.57 Å². The van der Waals surface area contributed by atoms with Crippen LogP contribution in [0.2, 0.25) is 0 Å². The van der Waals surface area contributed by atoms with Crippen LogP contribution < -0.4 is 0 Å². The second kappa shape index (κ2) is 4.77. The maximum Gasteiger partial charge on any atom is 0.171 e. The molecule has 0 saturated carbocycles. The molecule has 0 fully saturated rings. The van der Waals surface area contributed by atoms with E-state index in [1.54, 1.807) is 0 Å². The zero-order valence-electron chi connectivity index (χ0n) is 8.27. The highest BCUT2D eigenvalue weighted by Crippen LogP contribution is 2.10. The highest BCUT2D eigenvalue weighted by molar-refractivity contribution is 6.00. The van der Waals surface area contributed by atoms with Gasteiger partial charge >= 0.3 is 0 Å². The number of Topliss-reactive ketones (excluding diaryl/α,β-unsaturated/α-hetero) is 1. The molecule has 1 heteroatoms. The van der Waals surface area contributed by atoms with Crippen molar-refractivity contribution in [3.63, 3.8) is 0 Å². The highest BCUT2D eigenvalue weighted by Gasteiger charge is 2.09. The lowest BCUT2D eigenvalue weighted by atomic mass is 9.99. The third-order valence-corrected chi connectivity index (χ3v) is 1.52. The van der Waals surface area contributed by atoms with Gasteiger partial charge in [0.1, 0.15) is 0 Å². The molecular formula is C11H16O. The number of hydrogen-bond acceptors (Lipinski definition) is 1. The van der Waals surface area contributed by atoms with Gasteiger partial charge in [0.25, 0.3) is 0 Å². The van der Waals surface area contributed by atoms with Crippen LogP contribution in [0.5, 0.6) is 0 Å². The summed E-state index contributed by atoms with van der Waals surface area (Å²) in [5, 5.41) is 0. The summed E-state index contributed by atoms with van der Waals surface area (Å²) in [4.78, 5) is 11.4. The van der Waals surface area contributed by atoms with Gasteiger partial charge in [0.15, 0.2) is 5.78 Å². The van der Waals surface area contributed by atoms with E-state index in [2.05, 4.69) is 5.92 Å². The number of rotatable bonds is 3. The Morgan fingerprint density at radius 3 is 2.17 bits per heavy atom. The first kappa shape index (κ1) is 11.0. The molecule has 0 aliphatic rings. The summed E-state index contributed by atoms with van der Waals surface area (Å²) in [6.45, 7) is 7.76. The van der Waals surface area contributed by atoms with Crippen molar-refractivity contribution in [1.29, 1.82) is 0 Å². The van der Waals surface area contributed by atoms with Crippen molar-refractivity contribution in [2.75, 3.05) is 0 Å². The van der Waals surface area contributed by atoms with E-state index in [-0.39, 0.29) is 5.78 Å². The molecule has 0 unspecified atom stereocenters. The minimum Gasteiger partial charge on any atom is -0.293 e. The van der Waals surface area contributed by atoms with E-state index >= 15 is 0 Å². The van der Waals surface area contributed by atoms with Gasteiger partial charge in [-0.3, -0.25) is 4.79 Å². The Bertz CT molecular complexity index is 234. The SMILES string of the molecule is C#CC(C(=O)CC(C)C)=C(C)C. The zero-order valence-corrected chi connectivity index (χ0v) is 8.27. The summed E-state index contributed by atoms with van der Waals surface area (Å²) in [5.41, 5.74) is 1.48. The van der Waals surface area contributed by atoms with Crippen molar-refractivity contribution in [1.82, 2.24) is 0 Å². The van der Waals surface area contributed by atoms with E-state index in [9.17, 15) is 4.79 Å². The van der Waals surface area contributed by atoms with Crippen molar-refractivity contribution in [3.05, 3.63) is 11.1 Å². The third-order valence-electron chi connectivity index (χ3n) is 1.52. The molecule has 0 saturated heterocycles. The van der Waals surface area contributed by atoms with Crippen molar-refractivity contribution in [2.24, 2.45) is 5.92 Å². The smallest absolute Gasteiger partial charge is 0.171 e. The maximum absolute atomic E-state index is 11.4. The predicted octanol–water partition coefficient (Wildman–Crippen LogP) is 2.57. The summed E-state index contributed by atoms with van der Waals surface area (Å²) in [7, 11) is 0. The average Bonchev–Trinajstić information content (AvgIpc) is 1.85.